The Bertz CT molecular complexity index is 1030. The van der Waals surface area contributed by atoms with Gasteiger partial charge in [0, 0.05) is 24.4 Å². The second-order valence-electron chi connectivity index (χ2n) is 11.1. The van der Waals surface area contributed by atoms with Gasteiger partial charge >= 0.3 is 5.97 Å². The lowest BCUT2D eigenvalue weighted by atomic mass is 9.72. The summed E-state index contributed by atoms with van der Waals surface area (Å²) >= 11 is 0. The van der Waals surface area contributed by atoms with Crippen LogP contribution in [0.15, 0.2) is 54.6 Å². The molecule has 0 radical (unpaired) electrons. The van der Waals surface area contributed by atoms with E-state index < -0.39 is 19.5 Å². The lowest BCUT2D eigenvalue weighted by Gasteiger charge is -2.42. The van der Waals surface area contributed by atoms with Gasteiger partial charge in [-0.25, -0.2) is 4.79 Å². The molecule has 0 aliphatic carbocycles. The molecule has 8 heteroatoms. The molecule has 0 bridgehead atoms. The van der Waals surface area contributed by atoms with Gasteiger partial charge in [-0.2, -0.15) is 0 Å². The van der Waals surface area contributed by atoms with E-state index in [9.17, 15) is 9.59 Å². The first-order valence-corrected chi connectivity index (χ1v) is 18.5. The molecule has 3 rings (SSSR count). The molecule has 39 heavy (non-hydrogen) atoms. The van der Waals surface area contributed by atoms with E-state index in [0.717, 1.165) is 45.1 Å². The summed E-state index contributed by atoms with van der Waals surface area (Å²) in [5.74, 6) is 0.342. The normalized spacial score (nSPS) is 17.9. The van der Waals surface area contributed by atoms with Crippen molar-refractivity contribution in [3.63, 3.8) is 0 Å². The molecule has 6 nitrogen and oxygen atoms in total. The summed E-state index contributed by atoms with van der Waals surface area (Å²) < 4.78 is 17.3. The molecule has 0 aromatic heterocycles. The number of amides is 1. The highest BCUT2D eigenvalue weighted by molar-refractivity contribution is 6.26. The number of esters is 1. The van der Waals surface area contributed by atoms with Crippen LogP contribution in [0.2, 0.25) is 13.1 Å². The lowest BCUT2D eigenvalue weighted by Crippen LogP contribution is -2.43. The average Bonchev–Trinajstić information content (AvgIpc) is 3.30. The third-order valence-corrected chi connectivity index (χ3v) is 9.43. The van der Waals surface area contributed by atoms with Gasteiger partial charge in [0.05, 0.1) is 12.7 Å². The topological polar surface area (TPSA) is 65.1 Å². The quantitative estimate of drug-likeness (QED) is 0.167. The van der Waals surface area contributed by atoms with Crippen molar-refractivity contribution in [2.75, 3.05) is 13.7 Å². The van der Waals surface area contributed by atoms with Gasteiger partial charge in [0.1, 0.15) is 6.29 Å². The van der Waals surface area contributed by atoms with E-state index in [-0.39, 0.29) is 29.6 Å². The molecule has 1 amide bonds. The van der Waals surface area contributed by atoms with Crippen molar-refractivity contribution in [3.05, 3.63) is 71.3 Å². The zero-order valence-electron chi connectivity index (χ0n) is 24.5. The Morgan fingerprint density at radius 1 is 1.03 bits per heavy atom. The molecular formula is C31H47NO5Si2. The smallest absolute Gasteiger partial charge is 0.337 e. The number of likely N-dealkylation sites (tertiary alicyclic amines) is 1. The highest BCUT2D eigenvalue weighted by atomic mass is 28.2. The number of carbonyl (C=O) groups is 2. The number of aryl methyl sites for hydroxylation is 1. The Kier molecular flexibility index (Phi) is 12.4. The van der Waals surface area contributed by atoms with Crippen LogP contribution >= 0.6 is 0 Å². The highest BCUT2D eigenvalue weighted by Crippen LogP contribution is 2.40. The molecule has 2 aromatic carbocycles. The minimum absolute atomic E-state index is 0.119. The zero-order valence-corrected chi connectivity index (χ0v) is 27.3. The summed E-state index contributed by atoms with van der Waals surface area (Å²) in [4.78, 5) is 26.6. The Morgan fingerprint density at radius 3 is 2.31 bits per heavy atom. The Labute approximate surface area is 239 Å². The third kappa shape index (κ3) is 8.86. The van der Waals surface area contributed by atoms with Crippen molar-refractivity contribution in [3.8, 4) is 0 Å². The summed E-state index contributed by atoms with van der Waals surface area (Å²) in [5.41, 5.74) is 2.95. The van der Waals surface area contributed by atoms with E-state index in [1.165, 1.54) is 18.2 Å². The molecule has 0 saturated carbocycles. The first-order valence-electron chi connectivity index (χ1n) is 14.5. The van der Waals surface area contributed by atoms with Crippen LogP contribution in [0.1, 0.15) is 67.4 Å². The van der Waals surface area contributed by atoms with Crippen molar-refractivity contribution in [1.29, 1.82) is 0 Å². The van der Waals surface area contributed by atoms with Gasteiger partial charge in [-0.05, 0) is 67.7 Å². The van der Waals surface area contributed by atoms with Gasteiger partial charge < -0.3 is 18.5 Å². The van der Waals surface area contributed by atoms with Crippen LogP contribution in [-0.2, 0) is 31.2 Å². The highest BCUT2D eigenvalue weighted by Gasteiger charge is 2.39. The SMILES string of the molecule is COC(=O)c1ccc(CCCN2C(=O)CCC2CCC(Cc2ccccc2)C(C)(C)C(O[SiH2]C)O[SiH2]C)cc1. The fourth-order valence-corrected chi connectivity index (χ4v) is 7.63. The summed E-state index contributed by atoms with van der Waals surface area (Å²) in [5, 5.41) is 0. The second-order valence-corrected chi connectivity index (χ2v) is 12.9. The molecule has 0 spiro atoms. The van der Waals surface area contributed by atoms with Crippen molar-refractivity contribution in [2.45, 2.75) is 84.2 Å². The van der Waals surface area contributed by atoms with Gasteiger partial charge in [0.15, 0.2) is 19.5 Å². The van der Waals surface area contributed by atoms with Crippen molar-refractivity contribution < 1.29 is 23.2 Å². The molecule has 1 aliphatic rings. The molecule has 214 valence electrons. The van der Waals surface area contributed by atoms with Crippen LogP contribution in [0.5, 0.6) is 0 Å². The summed E-state index contributed by atoms with van der Waals surface area (Å²) in [6.07, 6.45) is 6.23. The summed E-state index contributed by atoms with van der Waals surface area (Å²) in [6, 6.07) is 18.6. The molecule has 2 aromatic rings. The van der Waals surface area contributed by atoms with Gasteiger partial charge in [0.25, 0.3) is 0 Å². The van der Waals surface area contributed by atoms with Gasteiger partial charge in [-0.3, -0.25) is 4.79 Å². The number of hydrogen-bond donors (Lipinski definition) is 0. The minimum Gasteiger partial charge on any atom is -0.465 e. The maximum Gasteiger partial charge on any atom is 0.337 e. The third-order valence-electron chi connectivity index (χ3n) is 8.16. The largest absolute Gasteiger partial charge is 0.465 e. The number of nitrogens with zero attached hydrogens (tertiary/aromatic N) is 1. The Morgan fingerprint density at radius 2 is 1.69 bits per heavy atom. The Hall–Kier alpha value is -2.27. The standard InChI is InChI=1S/C31H47NO5Si2/c1-31(2,30(36-38-4)37-39-5)26(22-24-10-7-6-8-11-24)17-18-27-19-20-28(33)32(27)21-9-12-23-13-15-25(16-14-23)29(34)35-3/h6-8,10-11,13-16,26-27,30H,9,12,17-22,38-39H2,1-5H3. The molecular weight excluding hydrogens is 523 g/mol. The first kappa shape index (κ1) is 31.3. The predicted octanol–water partition coefficient (Wildman–Crippen LogP) is 4.69. The van der Waals surface area contributed by atoms with Crippen LogP contribution in [-0.4, -0.2) is 62.3 Å². The van der Waals surface area contributed by atoms with Crippen molar-refractivity contribution in [1.82, 2.24) is 4.90 Å². The number of carbonyl (C=O) groups excluding carboxylic acids is 2. The fraction of sp³-hybridized carbons (Fsp3) is 0.548. The molecule has 2 atom stereocenters. The van der Waals surface area contributed by atoms with E-state index in [1.54, 1.807) is 0 Å². The lowest BCUT2D eigenvalue weighted by molar-refractivity contribution is -0.129. The number of ether oxygens (including phenoxy) is 1. The van der Waals surface area contributed by atoms with Crippen LogP contribution in [0.3, 0.4) is 0 Å². The predicted molar refractivity (Wildman–Crippen MR) is 162 cm³/mol. The van der Waals surface area contributed by atoms with Crippen molar-refractivity contribution >= 4 is 31.4 Å². The number of rotatable bonds is 16. The number of benzene rings is 2. The summed E-state index contributed by atoms with van der Waals surface area (Å²) in [6.45, 7) is 9.73. The molecule has 1 heterocycles. The molecule has 0 N–H and O–H groups in total. The van der Waals surface area contributed by atoms with Crippen LogP contribution in [0.4, 0.5) is 0 Å². The van der Waals surface area contributed by atoms with Crippen molar-refractivity contribution in [2.24, 2.45) is 11.3 Å². The monoisotopic (exact) mass is 569 g/mol. The first-order chi connectivity index (χ1) is 18.8. The van der Waals surface area contributed by atoms with Gasteiger partial charge in [-0.1, -0.05) is 69.4 Å². The van der Waals surface area contributed by atoms with E-state index in [2.05, 4.69) is 62.2 Å². The van der Waals surface area contributed by atoms with E-state index in [4.69, 9.17) is 13.6 Å². The summed E-state index contributed by atoms with van der Waals surface area (Å²) in [7, 11) is 0.196. The number of methoxy groups -OCH3 is 1. The zero-order chi connectivity index (χ0) is 28.3. The molecule has 1 aliphatic heterocycles. The molecule has 1 saturated heterocycles. The Balaban J connectivity index is 1.64. The molecule has 2 unspecified atom stereocenters. The average molecular weight is 570 g/mol. The van der Waals surface area contributed by atoms with E-state index in [1.807, 2.05) is 24.3 Å². The maximum atomic E-state index is 12.8. The second kappa shape index (κ2) is 15.5. The van der Waals surface area contributed by atoms with Crippen LogP contribution < -0.4 is 0 Å². The number of hydrogen-bond acceptors (Lipinski definition) is 5. The van der Waals surface area contributed by atoms with E-state index >= 15 is 0 Å². The van der Waals surface area contributed by atoms with Gasteiger partial charge in [-0.15, -0.1) is 0 Å². The molecule has 1 fully saturated rings. The minimum atomic E-state index is -0.598. The van der Waals surface area contributed by atoms with Crippen LogP contribution in [0, 0.1) is 11.3 Å². The maximum absolute atomic E-state index is 12.8. The fourth-order valence-electron chi connectivity index (χ4n) is 5.78. The van der Waals surface area contributed by atoms with Crippen LogP contribution in [0.25, 0.3) is 0 Å². The van der Waals surface area contributed by atoms with Gasteiger partial charge in [0.2, 0.25) is 5.91 Å². The van der Waals surface area contributed by atoms with E-state index in [0.29, 0.717) is 17.9 Å².